The molecule has 0 bridgehead atoms. The largest absolute Gasteiger partial charge is 0.285 e. The summed E-state index contributed by atoms with van der Waals surface area (Å²) in [4.78, 5) is 7.30. The highest BCUT2D eigenvalue weighted by Crippen LogP contribution is 2.11. The first-order valence-corrected chi connectivity index (χ1v) is 4.06. The molecule has 0 atom stereocenters. The summed E-state index contributed by atoms with van der Waals surface area (Å²) in [6.45, 7) is 5.17. The van der Waals surface area contributed by atoms with Gasteiger partial charge in [0, 0.05) is 11.3 Å². The molecule has 0 saturated carbocycles. The molecule has 0 N–H and O–H groups in total. The molecule has 0 spiro atoms. The Labute approximate surface area is 81.0 Å². The van der Waals surface area contributed by atoms with Gasteiger partial charge < -0.3 is 0 Å². The van der Waals surface area contributed by atoms with Crippen molar-refractivity contribution in [3.8, 4) is 0 Å². The third-order valence-electron chi connectivity index (χ3n) is 1.73. The number of nitrogens with zero attached hydrogens (tertiary/aromatic N) is 2. The third-order valence-corrected chi connectivity index (χ3v) is 1.73. The molecule has 74 valence electrons. The summed E-state index contributed by atoms with van der Waals surface area (Å²) in [5, 5.41) is 0. The number of hydrogen-bond donors (Lipinski definition) is 0. The second-order valence-electron chi connectivity index (χ2n) is 2.74. The highest BCUT2D eigenvalue weighted by molar-refractivity contribution is 5.92. The van der Waals surface area contributed by atoms with E-state index in [2.05, 4.69) is 16.6 Å². The zero-order chi connectivity index (χ0) is 10.6. The molecular weight excluding hydrogens is 186 g/mol. The molecule has 0 aliphatic rings. The van der Waals surface area contributed by atoms with E-state index in [-0.39, 0.29) is 12.1 Å². The van der Waals surface area contributed by atoms with E-state index in [1.54, 1.807) is 6.92 Å². The fourth-order valence-electron chi connectivity index (χ4n) is 0.857. The van der Waals surface area contributed by atoms with Crippen molar-refractivity contribution in [1.82, 2.24) is 4.98 Å². The number of allylic oxidation sites excluding steroid dienone is 1. The molecule has 4 heteroatoms. The van der Waals surface area contributed by atoms with E-state index >= 15 is 0 Å². The van der Waals surface area contributed by atoms with E-state index < -0.39 is 11.6 Å². The lowest BCUT2D eigenvalue weighted by Gasteiger charge is -2.00. The van der Waals surface area contributed by atoms with Gasteiger partial charge in [-0.2, -0.15) is 0 Å². The molecule has 0 saturated heterocycles. The van der Waals surface area contributed by atoms with Gasteiger partial charge in [0.25, 0.3) is 0 Å². The van der Waals surface area contributed by atoms with E-state index in [1.165, 1.54) is 6.08 Å². The molecule has 0 fully saturated rings. The molecule has 0 aromatic carbocycles. The van der Waals surface area contributed by atoms with Crippen LogP contribution in [0.15, 0.2) is 30.0 Å². The molecular formula is C10H10F2N2. The highest BCUT2D eigenvalue weighted by atomic mass is 19.1. The van der Waals surface area contributed by atoms with Gasteiger partial charge >= 0.3 is 0 Å². The fourth-order valence-corrected chi connectivity index (χ4v) is 0.857. The van der Waals surface area contributed by atoms with Crippen LogP contribution < -0.4 is 0 Å². The topological polar surface area (TPSA) is 25.2 Å². The van der Waals surface area contributed by atoms with E-state index in [1.807, 2.05) is 0 Å². The van der Waals surface area contributed by atoms with Crippen LogP contribution in [0.2, 0.25) is 0 Å². The van der Waals surface area contributed by atoms with Crippen LogP contribution in [0.1, 0.15) is 12.5 Å². The lowest BCUT2D eigenvalue weighted by atomic mass is 10.2. The molecule has 1 aromatic rings. The molecule has 0 unspecified atom stereocenters. The van der Waals surface area contributed by atoms with Crippen LogP contribution in [0.4, 0.5) is 8.78 Å². The monoisotopic (exact) mass is 196 g/mol. The van der Waals surface area contributed by atoms with Gasteiger partial charge in [-0.1, -0.05) is 6.58 Å². The van der Waals surface area contributed by atoms with Gasteiger partial charge in [0.2, 0.25) is 0 Å². The lowest BCUT2D eigenvalue weighted by Crippen LogP contribution is -1.97. The minimum absolute atomic E-state index is 0.0297. The van der Waals surface area contributed by atoms with E-state index in [0.29, 0.717) is 5.71 Å². The predicted molar refractivity (Wildman–Crippen MR) is 51.2 cm³/mol. The standard InChI is InChI=1S/C10H10F2N2/c1-3-7(2)14-4-8-9(11)5-13-6-10(8)12/h3,5-6H,1,4H2,2H3. The van der Waals surface area contributed by atoms with E-state index in [4.69, 9.17) is 0 Å². The first-order valence-electron chi connectivity index (χ1n) is 4.06. The second-order valence-corrected chi connectivity index (χ2v) is 2.74. The van der Waals surface area contributed by atoms with Crippen molar-refractivity contribution in [2.75, 3.05) is 0 Å². The molecule has 0 amide bonds. The summed E-state index contributed by atoms with van der Waals surface area (Å²) in [7, 11) is 0. The van der Waals surface area contributed by atoms with Crippen molar-refractivity contribution in [2.45, 2.75) is 13.5 Å². The van der Waals surface area contributed by atoms with Crippen molar-refractivity contribution < 1.29 is 8.78 Å². The van der Waals surface area contributed by atoms with Crippen LogP contribution in [-0.2, 0) is 6.54 Å². The maximum atomic E-state index is 13.0. The van der Waals surface area contributed by atoms with Crippen LogP contribution in [-0.4, -0.2) is 10.7 Å². The first kappa shape index (κ1) is 10.5. The van der Waals surface area contributed by atoms with Gasteiger partial charge in [0.15, 0.2) is 0 Å². The quantitative estimate of drug-likeness (QED) is 0.682. The highest BCUT2D eigenvalue weighted by Gasteiger charge is 2.07. The average Bonchev–Trinajstić information content (AvgIpc) is 2.16. The normalized spacial score (nSPS) is 11.5. The molecule has 0 radical (unpaired) electrons. The van der Waals surface area contributed by atoms with Gasteiger partial charge in [-0.25, -0.2) is 8.78 Å². The van der Waals surface area contributed by atoms with Crippen molar-refractivity contribution in [1.29, 1.82) is 0 Å². The predicted octanol–water partition coefficient (Wildman–Crippen LogP) is 2.51. The molecule has 0 aliphatic heterocycles. The Hall–Kier alpha value is -1.58. The third kappa shape index (κ3) is 2.45. The van der Waals surface area contributed by atoms with Gasteiger partial charge in [-0.05, 0) is 13.0 Å². The summed E-state index contributed by atoms with van der Waals surface area (Å²) >= 11 is 0. The van der Waals surface area contributed by atoms with Crippen LogP contribution >= 0.6 is 0 Å². The van der Waals surface area contributed by atoms with Gasteiger partial charge in [0.05, 0.1) is 18.9 Å². The summed E-state index contributed by atoms with van der Waals surface area (Å²) in [5.41, 5.74) is 0.571. The van der Waals surface area contributed by atoms with E-state index in [0.717, 1.165) is 12.4 Å². The lowest BCUT2D eigenvalue weighted by molar-refractivity contribution is 0.547. The molecule has 1 heterocycles. The second kappa shape index (κ2) is 4.60. The molecule has 1 aromatic heterocycles. The minimum atomic E-state index is -0.675. The zero-order valence-corrected chi connectivity index (χ0v) is 7.80. The SMILES string of the molecule is C=CC(C)=NCc1c(F)cncc1F. The number of aliphatic imine (C=N–C) groups is 1. The molecule has 0 aliphatic carbocycles. The number of aromatic nitrogens is 1. The Morgan fingerprint density at radius 1 is 1.50 bits per heavy atom. The van der Waals surface area contributed by atoms with Crippen LogP contribution in [0.25, 0.3) is 0 Å². The van der Waals surface area contributed by atoms with Crippen LogP contribution in [0, 0.1) is 11.6 Å². The zero-order valence-electron chi connectivity index (χ0n) is 7.80. The van der Waals surface area contributed by atoms with Crippen molar-refractivity contribution in [3.63, 3.8) is 0 Å². The first-order chi connectivity index (χ1) is 6.65. The number of halogens is 2. The van der Waals surface area contributed by atoms with Crippen LogP contribution in [0.3, 0.4) is 0 Å². The number of hydrogen-bond acceptors (Lipinski definition) is 2. The molecule has 14 heavy (non-hydrogen) atoms. The average molecular weight is 196 g/mol. The fraction of sp³-hybridized carbons (Fsp3) is 0.200. The molecule has 1 rings (SSSR count). The summed E-state index contributed by atoms with van der Waals surface area (Å²) in [5.74, 6) is -1.35. The maximum absolute atomic E-state index is 13.0. The van der Waals surface area contributed by atoms with Gasteiger partial charge in [0.1, 0.15) is 11.6 Å². The van der Waals surface area contributed by atoms with Gasteiger partial charge in [-0.15, -0.1) is 0 Å². The summed E-state index contributed by atoms with van der Waals surface area (Å²) < 4.78 is 26.0. The maximum Gasteiger partial charge on any atom is 0.149 e. The Morgan fingerprint density at radius 2 is 2.07 bits per heavy atom. The van der Waals surface area contributed by atoms with Crippen LogP contribution in [0.5, 0.6) is 0 Å². The van der Waals surface area contributed by atoms with Crippen molar-refractivity contribution >= 4 is 5.71 Å². The Morgan fingerprint density at radius 3 is 2.57 bits per heavy atom. The Bertz CT molecular complexity index is 352. The number of pyridine rings is 1. The Balaban J connectivity index is 2.91. The van der Waals surface area contributed by atoms with Gasteiger partial charge in [-0.3, -0.25) is 9.98 Å². The smallest absolute Gasteiger partial charge is 0.149 e. The summed E-state index contributed by atoms with van der Waals surface area (Å²) in [6.07, 6.45) is 3.46. The van der Waals surface area contributed by atoms with Crippen molar-refractivity contribution in [3.05, 3.63) is 42.2 Å². The van der Waals surface area contributed by atoms with Crippen molar-refractivity contribution in [2.24, 2.45) is 4.99 Å². The molecule has 2 nitrogen and oxygen atoms in total. The van der Waals surface area contributed by atoms with E-state index in [9.17, 15) is 8.78 Å². The minimum Gasteiger partial charge on any atom is -0.285 e. The number of rotatable bonds is 3. The summed E-state index contributed by atoms with van der Waals surface area (Å²) in [6, 6.07) is 0. The Kier molecular flexibility index (Phi) is 3.45.